The molecular weight excluding hydrogens is 453 g/mol. The number of hydrogen-bond acceptors (Lipinski definition) is 6. The molecule has 11 heteroatoms. The lowest BCUT2D eigenvalue weighted by Gasteiger charge is -2.20. The van der Waals surface area contributed by atoms with E-state index in [4.69, 9.17) is 0 Å². The first kappa shape index (κ1) is 22.4. The first-order valence-electron chi connectivity index (χ1n) is 11.1. The number of aromatic nitrogens is 5. The first-order valence-corrected chi connectivity index (χ1v) is 11.1. The molecule has 2 amide bonds. The third kappa shape index (κ3) is 4.16. The summed E-state index contributed by atoms with van der Waals surface area (Å²) in [6.07, 6.45) is 3.05. The standard InChI is InChI=1S/C24H22FN7O3/c1-14(2)30-12-18-22(24(30)35)31(13-20(33)28-19-7-6-15(25)11-27-19)21-10-17(29-32(21)23(18)34)9-16-5-3-4-8-26-16/h3-8,10-11,14H,9,12-13H2,1-2H3,(H,27,28,33). The van der Waals surface area contributed by atoms with Gasteiger partial charge in [0.05, 0.1) is 24.0 Å². The fourth-order valence-corrected chi connectivity index (χ4v) is 4.16. The predicted molar refractivity (Wildman–Crippen MR) is 124 cm³/mol. The van der Waals surface area contributed by atoms with Crippen molar-refractivity contribution in [2.75, 3.05) is 5.32 Å². The summed E-state index contributed by atoms with van der Waals surface area (Å²) >= 11 is 0. The Balaban J connectivity index is 1.58. The van der Waals surface area contributed by atoms with E-state index in [0.717, 1.165) is 11.9 Å². The van der Waals surface area contributed by atoms with Gasteiger partial charge in [0.25, 0.3) is 11.5 Å². The summed E-state index contributed by atoms with van der Waals surface area (Å²) in [5, 5.41) is 7.07. The van der Waals surface area contributed by atoms with E-state index < -0.39 is 17.3 Å². The molecule has 4 aromatic rings. The van der Waals surface area contributed by atoms with Crippen molar-refractivity contribution < 1.29 is 14.0 Å². The molecule has 1 aliphatic rings. The van der Waals surface area contributed by atoms with Crippen LogP contribution in [-0.2, 0) is 24.3 Å². The molecule has 0 aromatic carbocycles. The molecule has 0 unspecified atom stereocenters. The summed E-state index contributed by atoms with van der Waals surface area (Å²) in [4.78, 5) is 49.2. The molecule has 35 heavy (non-hydrogen) atoms. The molecular formula is C24H22FN7O3. The van der Waals surface area contributed by atoms with Gasteiger partial charge in [-0.2, -0.15) is 9.61 Å². The van der Waals surface area contributed by atoms with Crippen molar-refractivity contribution in [3.05, 3.63) is 87.6 Å². The quantitative estimate of drug-likeness (QED) is 0.456. The summed E-state index contributed by atoms with van der Waals surface area (Å²) in [5.41, 5.74) is 1.73. The molecule has 0 saturated heterocycles. The van der Waals surface area contributed by atoms with Gasteiger partial charge in [0.15, 0.2) is 0 Å². The number of carbonyl (C=O) groups is 2. The minimum absolute atomic E-state index is 0.132. The summed E-state index contributed by atoms with van der Waals surface area (Å²) in [7, 11) is 0. The number of hydrogen-bond donors (Lipinski definition) is 1. The van der Waals surface area contributed by atoms with Gasteiger partial charge in [-0.3, -0.25) is 19.4 Å². The van der Waals surface area contributed by atoms with Gasteiger partial charge in [-0.05, 0) is 38.1 Å². The van der Waals surface area contributed by atoms with E-state index >= 15 is 0 Å². The molecule has 10 nitrogen and oxygen atoms in total. The zero-order chi connectivity index (χ0) is 24.7. The van der Waals surface area contributed by atoms with Crippen molar-refractivity contribution in [1.82, 2.24) is 29.0 Å². The van der Waals surface area contributed by atoms with Gasteiger partial charge in [0, 0.05) is 30.4 Å². The highest BCUT2D eigenvalue weighted by molar-refractivity contribution is 5.98. The Morgan fingerprint density at radius 3 is 2.66 bits per heavy atom. The average molecular weight is 475 g/mol. The Hall–Kier alpha value is -4.41. The van der Waals surface area contributed by atoms with Crippen LogP contribution in [-0.4, -0.2) is 46.9 Å². The second-order valence-electron chi connectivity index (χ2n) is 8.56. The SMILES string of the molecule is CC(C)N1Cc2c(n(CC(=O)Nc3ccc(F)cn3)c3cc(Cc4ccccn4)nn3c2=O)C1=O. The van der Waals surface area contributed by atoms with E-state index in [0.29, 0.717) is 17.8 Å². The number of rotatable bonds is 6. The van der Waals surface area contributed by atoms with Crippen LogP contribution in [0.2, 0.25) is 0 Å². The van der Waals surface area contributed by atoms with Gasteiger partial charge in [0.1, 0.15) is 29.5 Å². The zero-order valence-electron chi connectivity index (χ0n) is 19.1. The number of halogens is 1. The molecule has 0 radical (unpaired) electrons. The molecule has 0 spiro atoms. The summed E-state index contributed by atoms with van der Waals surface area (Å²) in [6, 6.07) is 9.60. The fourth-order valence-electron chi connectivity index (χ4n) is 4.16. The molecule has 0 aliphatic carbocycles. The van der Waals surface area contributed by atoms with E-state index in [9.17, 15) is 18.8 Å². The first-order chi connectivity index (χ1) is 16.8. The summed E-state index contributed by atoms with van der Waals surface area (Å²) < 4.78 is 15.9. The largest absolute Gasteiger partial charge is 0.330 e. The minimum Gasteiger partial charge on any atom is -0.330 e. The second-order valence-corrected chi connectivity index (χ2v) is 8.56. The van der Waals surface area contributed by atoms with E-state index in [1.807, 2.05) is 32.0 Å². The molecule has 0 atom stereocenters. The van der Waals surface area contributed by atoms with E-state index in [2.05, 4.69) is 20.4 Å². The Kier molecular flexibility index (Phi) is 5.59. The lowest BCUT2D eigenvalue weighted by molar-refractivity contribution is -0.116. The van der Waals surface area contributed by atoms with Gasteiger partial charge < -0.3 is 14.8 Å². The highest BCUT2D eigenvalue weighted by Crippen LogP contribution is 2.24. The topological polar surface area (TPSA) is 114 Å². The Bertz CT molecular complexity index is 1490. The maximum absolute atomic E-state index is 13.3. The van der Waals surface area contributed by atoms with Crippen LogP contribution in [0.15, 0.2) is 53.6 Å². The predicted octanol–water partition coefficient (Wildman–Crippen LogP) is 2.02. The molecule has 0 fully saturated rings. The van der Waals surface area contributed by atoms with Crippen LogP contribution < -0.4 is 10.9 Å². The van der Waals surface area contributed by atoms with E-state index in [1.165, 1.54) is 21.2 Å². The molecule has 0 saturated carbocycles. The maximum Gasteiger partial charge on any atom is 0.280 e. The lowest BCUT2D eigenvalue weighted by atomic mass is 10.2. The number of nitrogens with zero attached hydrogens (tertiary/aromatic N) is 6. The van der Waals surface area contributed by atoms with Crippen LogP contribution in [0.3, 0.4) is 0 Å². The molecule has 1 N–H and O–H groups in total. The molecule has 178 valence electrons. The van der Waals surface area contributed by atoms with Gasteiger partial charge >= 0.3 is 0 Å². The number of carbonyl (C=O) groups excluding carboxylic acids is 2. The Labute approximate surface area is 199 Å². The van der Waals surface area contributed by atoms with Crippen LogP contribution in [0.25, 0.3) is 5.65 Å². The average Bonchev–Trinajstić information content (AvgIpc) is 3.41. The maximum atomic E-state index is 13.3. The third-order valence-electron chi connectivity index (χ3n) is 5.82. The number of nitrogens with one attached hydrogen (secondary N) is 1. The Morgan fingerprint density at radius 1 is 1.14 bits per heavy atom. The molecule has 4 aromatic heterocycles. The van der Waals surface area contributed by atoms with Crippen LogP contribution in [0.5, 0.6) is 0 Å². The molecule has 5 heterocycles. The number of amides is 2. The smallest absolute Gasteiger partial charge is 0.280 e. The minimum atomic E-state index is -0.526. The molecule has 0 bridgehead atoms. The molecule has 5 rings (SSSR count). The summed E-state index contributed by atoms with van der Waals surface area (Å²) in [6.45, 7) is 3.60. The third-order valence-corrected chi connectivity index (χ3v) is 5.82. The van der Waals surface area contributed by atoms with Gasteiger partial charge in [-0.15, -0.1) is 0 Å². The number of fused-ring (bicyclic) bond motifs is 2. The van der Waals surface area contributed by atoms with Crippen LogP contribution in [0.4, 0.5) is 10.2 Å². The van der Waals surface area contributed by atoms with Gasteiger partial charge in [0.2, 0.25) is 5.91 Å². The van der Waals surface area contributed by atoms with Gasteiger partial charge in [-0.1, -0.05) is 6.07 Å². The normalized spacial score (nSPS) is 13.0. The van der Waals surface area contributed by atoms with Crippen molar-refractivity contribution >= 4 is 23.3 Å². The van der Waals surface area contributed by atoms with Crippen molar-refractivity contribution in [2.24, 2.45) is 0 Å². The second kappa shape index (κ2) is 8.75. The van der Waals surface area contributed by atoms with Gasteiger partial charge in [-0.25, -0.2) is 9.37 Å². The van der Waals surface area contributed by atoms with Crippen LogP contribution in [0, 0.1) is 5.82 Å². The number of anilines is 1. The lowest BCUT2D eigenvalue weighted by Crippen LogP contribution is -2.32. The van der Waals surface area contributed by atoms with Crippen LogP contribution in [0.1, 0.15) is 41.3 Å². The fraction of sp³-hybridized carbons (Fsp3) is 0.250. The summed E-state index contributed by atoms with van der Waals surface area (Å²) in [5.74, 6) is -1.17. The monoisotopic (exact) mass is 475 g/mol. The Morgan fingerprint density at radius 2 is 1.97 bits per heavy atom. The molecule has 1 aliphatic heterocycles. The number of pyridine rings is 2. The highest BCUT2D eigenvalue weighted by Gasteiger charge is 2.36. The highest BCUT2D eigenvalue weighted by atomic mass is 19.1. The van der Waals surface area contributed by atoms with E-state index in [-0.39, 0.29) is 42.1 Å². The van der Waals surface area contributed by atoms with Crippen molar-refractivity contribution in [3.63, 3.8) is 0 Å². The van der Waals surface area contributed by atoms with Crippen LogP contribution >= 0.6 is 0 Å². The zero-order valence-corrected chi connectivity index (χ0v) is 19.1. The van der Waals surface area contributed by atoms with Crippen molar-refractivity contribution in [2.45, 2.75) is 39.4 Å². The van der Waals surface area contributed by atoms with Crippen molar-refractivity contribution in [3.8, 4) is 0 Å². The van der Waals surface area contributed by atoms with E-state index in [1.54, 1.807) is 17.2 Å². The van der Waals surface area contributed by atoms with Crippen molar-refractivity contribution in [1.29, 1.82) is 0 Å².